The molecule has 2 atom stereocenters. The number of rotatable bonds is 8. The maximum atomic E-state index is 5.14. The summed E-state index contributed by atoms with van der Waals surface area (Å²) in [6, 6.07) is 0.325. The molecular weight excluding hydrogens is 354 g/mol. The lowest BCUT2D eigenvalue weighted by atomic mass is 10.0. The van der Waals surface area contributed by atoms with Crippen LogP contribution in [0.25, 0.3) is 0 Å². The van der Waals surface area contributed by atoms with Gasteiger partial charge in [-0.15, -0.1) is 0 Å². The number of hydrogen-bond acceptors (Lipinski definition) is 5. The van der Waals surface area contributed by atoms with Crippen molar-refractivity contribution in [1.82, 2.24) is 30.3 Å². The summed E-state index contributed by atoms with van der Waals surface area (Å²) >= 11 is 0. The second-order valence-corrected chi connectivity index (χ2v) is 8.19. The molecule has 28 heavy (non-hydrogen) atoms. The van der Waals surface area contributed by atoms with Gasteiger partial charge in [-0.2, -0.15) is 5.10 Å². The van der Waals surface area contributed by atoms with Crippen molar-refractivity contribution in [3.63, 3.8) is 0 Å². The molecular formula is C20H37N7O. The summed E-state index contributed by atoms with van der Waals surface area (Å²) in [6.07, 6.45) is 7.13. The molecule has 2 unspecified atom stereocenters. The van der Waals surface area contributed by atoms with E-state index in [4.69, 9.17) is 4.74 Å². The van der Waals surface area contributed by atoms with E-state index in [9.17, 15) is 0 Å². The number of guanidine groups is 1. The average molecular weight is 392 g/mol. The molecule has 0 aliphatic carbocycles. The van der Waals surface area contributed by atoms with Gasteiger partial charge < -0.3 is 20.3 Å². The summed E-state index contributed by atoms with van der Waals surface area (Å²) in [5.74, 6) is 3.57. The highest BCUT2D eigenvalue weighted by Gasteiger charge is 2.22. The lowest BCUT2D eigenvalue weighted by molar-refractivity contribution is 0.177. The number of aromatic nitrogens is 3. The fourth-order valence-electron chi connectivity index (χ4n) is 4.21. The van der Waals surface area contributed by atoms with Gasteiger partial charge in [-0.05, 0) is 51.1 Å². The van der Waals surface area contributed by atoms with E-state index in [2.05, 4.69) is 37.5 Å². The third-order valence-electron chi connectivity index (χ3n) is 5.67. The highest BCUT2D eigenvalue weighted by atomic mass is 16.5. The lowest BCUT2D eigenvalue weighted by Gasteiger charge is -2.30. The second kappa shape index (κ2) is 10.8. The van der Waals surface area contributed by atoms with E-state index in [1.165, 1.54) is 45.3 Å². The molecule has 8 nitrogen and oxygen atoms in total. The molecule has 8 heteroatoms. The van der Waals surface area contributed by atoms with Gasteiger partial charge in [0.15, 0.2) is 11.8 Å². The average Bonchev–Trinajstić information content (AvgIpc) is 3.09. The van der Waals surface area contributed by atoms with Gasteiger partial charge in [0.1, 0.15) is 12.4 Å². The number of fused-ring (bicyclic) bond motifs is 1. The van der Waals surface area contributed by atoms with E-state index in [1.54, 1.807) is 7.11 Å². The van der Waals surface area contributed by atoms with Crippen LogP contribution < -0.4 is 10.6 Å². The highest BCUT2D eigenvalue weighted by molar-refractivity contribution is 5.79. The van der Waals surface area contributed by atoms with E-state index in [0.29, 0.717) is 12.6 Å². The molecule has 0 saturated carbocycles. The van der Waals surface area contributed by atoms with Crippen LogP contribution in [0.4, 0.5) is 0 Å². The number of aliphatic imine (C=N–C) groups is 1. The topological polar surface area (TPSA) is 79.6 Å². The van der Waals surface area contributed by atoms with E-state index in [0.717, 1.165) is 49.5 Å². The third-order valence-corrected chi connectivity index (χ3v) is 5.67. The van der Waals surface area contributed by atoms with E-state index in [1.807, 2.05) is 11.7 Å². The molecule has 0 spiro atoms. The molecule has 0 bridgehead atoms. The fraction of sp³-hybridized carbons (Fsp3) is 0.850. The van der Waals surface area contributed by atoms with Gasteiger partial charge in [0, 0.05) is 39.7 Å². The minimum absolute atomic E-state index is 0.325. The van der Waals surface area contributed by atoms with Crippen molar-refractivity contribution in [1.29, 1.82) is 0 Å². The summed E-state index contributed by atoms with van der Waals surface area (Å²) in [6.45, 7) is 8.39. The SMILES string of the molecule is CN=C(NCCCCN1CCCC(C)C1)NC1CCc2nc(COC)nn2C1. The Labute approximate surface area is 169 Å². The zero-order chi connectivity index (χ0) is 19.8. The first-order valence-corrected chi connectivity index (χ1v) is 10.8. The number of unbranched alkanes of at least 4 members (excludes halogenated alkanes) is 1. The van der Waals surface area contributed by atoms with Crippen LogP contribution in [-0.4, -0.2) is 72.0 Å². The Morgan fingerprint density at radius 1 is 1.29 bits per heavy atom. The first-order chi connectivity index (χ1) is 13.7. The van der Waals surface area contributed by atoms with Crippen molar-refractivity contribution >= 4 is 5.96 Å². The van der Waals surface area contributed by atoms with Gasteiger partial charge >= 0.3 is 0 Å². The number of nitrogens with zero attached hydrogens (tertiary/aromatic N) is 5. The number of ether oxygens (including phenoxy) is 1. The van der Waals surface area contributed by atoms with Gasteiger partial charge in [-0.1, -0.05) is 6.92 Å². The maximum Gasteiger partial charge on any atom is 0.191 e. The smallest absolute Gasteiger partial charge is 0.191 e. The van der Waals surface area contributed by atoms with Crippen molar-refractivity contribution in [3.8, 4) is 0 Å². The standard InChI is InChI=1S/C20H37N7O/c1-16-7-6-12-26(13-16)11-5-4-10-22-20(21-2)23-17-8-9-19-24-18(15-28-3)25-27(19)14-17/h16-17H,4-15H2,1-3H3,(H2,21,22,23). The Morgan fingerprint density at radius 2 is 2.18 bits per heavy atom. The van der Waals surface area contributed by atoms with Crippen molar-refractivity contribution in [3.05, 3.63) is 11.6 Å². The number of likely N-dealkylation sites (tertiary alicyclic amines) is 1. The van der Waals surface area contributed by atoms with E-state index >= 15 is 0 Å². The molecule has 1 aromatic rings. The normalized spacial score (nSPS) is 23.5. The van der Waals surface area contributed by atoms with Crippen molar-refractivity contribution in [2.75, 3.05) is 40.3 Å². The zero-order valence-electron chi connectivity index (χ0n) is 17.8. The summed E-state index contributed by atoms with van der Waals surface area (Å²) in [5.41, 5.74) is 0. The molecule has 0 aromatic carbocycles. The van der Waals surface area contributed by atoms with Crippen LogP contribution in [0.15, 0.2) is 4.99 Å². The largest absolute Gasteiger partial charge is 0.377 e. The zero-order valence-corrected chi connectivity index (χ0v) is 17.8. The molecule has 3 heterocycles. The first-order valence-electron chi connectivity index (χ1n) is 10.8. The number of methoxy groups -OCH3 is 1. The summed E-state index contributed by atoms with van der Waals surface area (Å²) in [7, 11) is 3.51. The van der Waals surface area contributed by atoms with Gasteiger partial charge in [0.25, 0.3) is 0 Å². The first kappa shape index (κ1) is 21.0. The molecule has 1 fully saturated rings. The Balaban J connectivity index is 1.34. The second-order valence-electron chi connectivity index (χ2n) is 8.19. The summed E-state index contributed by atoms with van der Waals surface area (Å²) < 4.78 is 7.14. The predicted molar refractivity (Wildman–Crippen MR) is 111 cm³/mol. The van der Waals surface area contributed by atoms with Crippen molar-refractivity contribution < 1.29 is 4.74 Å². The Kier molecular flexibility index (Phi) is 8.09. The molecule has 2 aliphatic rings. The fourth-order valence-corrected chi connectivity index (χ4v) is 4.21. The monoisotopic (exact) mass is 391 g/mol. The minimum Gasteiger partial charge on any atom is -0.377 e. The Morgan fingerprint density at radius 3 is 2.96 bits per heavy atom. The quantitative estimate of drug-likeness (QED) is 0.396. The van der Waals surface area contributed by atoms with Crippen LogP contribution in [0.2, 0.25) is 0 Å². The van der Waals surface area contributed by atoms with Crippen LogP contribution in [0.3, 0.4) is 0 Å². The molecule has 1 saturated heterocycles. The van der Waals surface area contributed by atoms with Crippen molar-refractivity contribution in [2.45, 2.75) is 64.6 Å². The number of hydrogen-bond donors (Lipinski definition) is 2. The van der Waals surface area contributed by atoms with Gasteiger partial charge in [0.2, 0.25) is 0 Å². The molecule has 2 aliphatic heterocycles. The molecule has 2 N–H and O–H groups in total. The number of piperidine rings is 1. The van der Waals surface area contributed by atoms with Crippen LogP contribution >= 0.6 is 0 Å². The maximum absolute atomic E-state index is 5.14. The number of aryl methyl sites for hydroxylation is 1. The molecule has 0 amide bonds. The van der Waals surface area contributed by atoms with E-state index < -0.39 is 0 Å². The van der Waals surface area contributed by atoms with Gasteiger partial charge in [-0.25, -0.2) is 9.67 Å². The molecule has 1 aromatic heterocycles. The highest BCUT2D eigenvalue weighted by Crippen LogP contribution is 2.16. The predicted octanol–water partition coefficient (Wildman–Crippen LogP) is 1.42. The molecule has 158 valence electrons. The molecule has 3 rings (SSSR count). The van der Waals surface area contributed by atoms with Gasteiger partial charge in [-0.3, -0.25) is 4.99 Å². The van der Waals surface area contributed by atoms with Crippen LogP contribution in [-0.2, 0) is 24.3 Å². The Bertz CT molecular complexity index is 630. The lowest BCUT2D eigenvalue weighted by Crippen LogP contribution is -2.47. The third kappa shape index (κ3) is 6.17. The number of nitrogens with one attached hydrogen (secondary N) is 2. The minimum atomic E-state index is 0.325. The summed E-state index contributed by atoms with van der Waals surface area (Å²) in [4.78, 5) is 11.5. The summed E-state index contributed by atoms with van der Waals surface area (Å²) in [5, 5.41) is 11.5. The van der Waals surface area contributed by atoms with Gasteiger partial charge in [0.05, 0.1) is 6.54 Å². The van der Waals surface area contributed by atoms with Crippen LogP contribution in [0, 0.1) is 5.92 Å². The van der Waals surface area contributed by atoms with Crippen molar-refractivity contribution in [2.24, 2.45) is 10.9 Å². The molecule has 0 radical (unpaired) electrons. The Hall–Kier alpha value is -1.67. The van der Waals surface area contributed by atoms with Crippen LogP contribution in [0.1, 0.15) is 50.7 Å². The van der Waals surface area contributed by atoms with E-state index in [-0.39, 0.29) is 0 Å². The van der Waals surface area contributed by atoms with Crippen LogP contribution in [0.5, 0.6) is 0 Å².